The number of benzene rings is 1. The van der Waals surface area contributed by atoms with Gasteiger partial charge >= 0.3 is 0 Å². The van der Waals surface area contributed by atoms with E-state index in [2.05, 4.69) is 15.6 Å². The average Bonchev–Trinajstić information content (AvgIpc) is 3.43. The minimum absolute atomic E-state index is 0.0795. The van der Waals surface area contributed by atoms with E-state index in [1.54, 1.807) is 34.7 Å². The summed E-state index contributed by atoms with van der Waals surface area (Å²) in [4.78, 5) is 43.7. The third-order valence-corrected chi connectivity index (χ3v) is 5.57. The second kappa shape index (κ2) is 11.4. The molecule has 3 rings (SSSR count). The molecule has 33 heavy (non-hydrogen) atoms. The van der Waals surface area contributed by atoms with Gasteiger partial charge in [-0.3, -0.25) is 14.4 Å². The Balaban J connectivity index is 1.56. The molecule has 0 bridgehead atoms. The number of rotatable bonds is 10. The Labute approximate surface area is 197 Å². The van der Waals surface area contributed by atoms with Crippen LogP contribution in [-0.4, -0.2) is 40.7 Å². The van der Waals surface area contributed by atoms with E-state index in [0.717, 1.165) is 5.56 Å². The largest absolute Gasteiger partial charge is 0.467 e. The number of hydrogen-bond donors (Lipinski definition) is 2. The van der Waals surface area contributed by atoms with E-state index >= 15 is 0 Å². The maximum Gasteiger partial charge on any atom is 0.254 e. The first-order valence-electron chi connectivity index (χ1n) is 10.7. The third kappa shape index (κ3) is 7.28. The van der Waals surface area contributed by atoms with E-state index in [1.165, 1.54) is 11.3 Å². The summed E-state index contributed by atoms with van der Waals surface area (Å²) in [5, 5.41) is 7.62. The second-order valence-electron chi connectivity index (χ2n) is 8.12. The summed E-state index contributed by atoms with van der Waals surface area (Å²) >= 11 is 1.24. The number of hydrogen-bond acceptors (Lipinski definition) is 6. The molecular formula is C24H28N4O4S. The number of nitrogens with zero attached hydrogens (tertiary/aromatic N) is 2. The van der Waals surface area contributed by atoms with Crippen LogP contribution in [0, 0.1) is 12.8 Å². The van der Waals surface area contributed by atoms with Gasteiger partial charge in [0.1, 0.15) is 12.3 Å². The summed E-state index contributed by atoms with van der Waals surface area (Å²) in [6.07, 6.45) is 1.64. The molecule has 0 aliphatic heterocycles. The standard InChI is InChI=1S/C24H28N4O4S/c1-16(2)13-28(23(31)20-9-5-4-7-17(20)3)14-22(30)27-24-26-18(15-33-24)11-21(29)25-12-19-8-6-10-32-19/h4-10,15-16H,11-14H2,1-3H3,(H,25,29)(H,26,27,30). The van der Waals surface area contributed by atoms with Crippen LogP contribution in [0.3, 0.4) is 0 Å². The molecule has 8 nitrogen and oxygen atoms in total. The maximum atomic E-state index is 13.0. The Hall–Kier alpha value is -3.46. The molecule has 0 radical (unpaired) electrons. The van der Waals surface area contributed by atoms with Crippen molar-refractivity contribution in [3.05, 3.63) is 70.6 Å². The van der Waals surface area contributed by atoms with Crippen LogP contribution in [0.4, 0.5) is 5.13 Å². The number of furan rings is 1. The van der Waals surface area contributed by atoms with E-state index in [1.807, 2.05) is 39.0 Å². The lowest BCUT2D eigenvalue weighted by Gasteiger charge is -2.24. The van der Waals surface area contributed by atoms with Crippen LogP contribution in [0.15, 0.2) is 52.5 Å². The number of nitrogens with one attached hydrogen (secondary N) is 2. The highest BCUT2D eigenvalue weighted by Gasteiger charge is 2.21. The predicted octanol–water partition coefficient (Wildman–Crippen LogP) is 3.64. The first-order chi connectivity index (χ1) is 15.8. The monoisotopic (exact) mass is 468 g/mol. The molecule has 174 valence electrons. The maximum absolute atomic E-state index is 13.0. The molecule has 3 aromatic rings. The Morgan fingerprint density at radius 3 is 2.61 bits per heavy atom. The molecular weight excluding hydrogens is 440 g/mol. The van der Waals surface area contributed by atoms with Gasteiger partial charge in [0.25, 0.3) is 5.91 Å². The minimum Gasteiger partial charge on any atom is -0.467 e. The molecule has 0 aliphatic carbocycles. The van der Waals surface area contributed by atoms with Crippen molar-refractivity contribution in [2.24, 2.45) is 5.92 Å². The van der Waals surface area contributed by atoms with E-state index in [9.17, 15) is 14.4 Å². The van der Waals surface area contributed by atoms with Crippen LogP contribution in [0.1, 0.15) is 41.2 Å². The molecule has 3 amide bonds. The molecule has 0 aliphatic rings. The van der Waals surface area contributed by atoms with Crippen molar-refractivity contribution in [2.45, 2.75) is 33.7 Å². The van der Waals surface area contributed by atoms with Gasteiger partial charge in [-0.25, -0.2) is 4.98 Å². The molecule has 0 spiro atoms. The lowest BCUT2D eigenvalue weighted by atomic mass is 10.1. The van der Waals surface area contributed by atoms with Gasteiger partial charge in [-0.2, -0.15) is 0 Å². The third-order valence-electron chi connectivity index (χ3n) is 4.76. The summed E-state index contributed by atoms with van der Waals surface area (Å²) in [5.41, 5.74) is 2.01. The van der Waals surface area contributed by atoms with E-state index in [0.29, 0.717) is 35.2 Å². The van der Waals surface area contributed by atoms with E-state index < -0.39 is 0 Å². The number of aromatic nitrogens is 1. The molecule has 2 N–H and O–H groups in total. The lowest BCUT2D eigenvalue weighted by Crippen LogP contribution is -2.40. The van der Waals surface area contributed by atoms with Crippen molar-refractivity contribution < 1.29 is 18.8 Å². The molecule has 0 fully saturated rings. The minimum atomic E-state index is -0.333. The van der Waals surface area contributed by atoms with Crippen molar-refractivity contribution in [2.75, 3.05) is 18.4 Å². The normalized spacial score (nSPS) is 10.8. The molecule has 0 atom stereocenters. The fraction of sp³-hybridized carbons (Fsp3) is 0.333. The second-order valence-corrected chi connectivity index (χ2v) is 8.98. The topological polar surface area (TPSA) is 105 Å². The predicted molar refractivity (Wildman–Crippen MR) is 127 cm³/mol. The lowest BCUT2D eigenvalue weighted by molar-refractivity contribution is -0.120. The molecule has 2 aromatic heterocycles. The molecule has 0 unspecified atom stereocenters. The first kappa shape index (κ1) is 24.2. The Bertz CT molecular complexity index is 1090. The van der Waals surface area contributed by atoms with Gasteiger partial charge in [-0.15, -0.1) is 11.3 Å². The molecule has 0 saturated heterocycles. The highest BCUT2D eigenvalue weighted by Crippen LogP contribution is 2.17. The van der Waals surface area contributed by atoms with Crippen LogP contribution in [0.5, 0.6) is 0 Å². The van der Waals surface area contributed by atoms with Crippen LogP contribution in [0.2, 0.25) is 0 Å². The van der Waals surface area contributed by atoms with Gasteiger partial charge in [0.2, 0.25) is 11.8 Å². The Kier molecular flexibility index (Phi) is 8.37. The average molecular weight is 469 g/mol. The summed E-state index contributed by atoms with van der Waals surface area (Å²) in [6.45, 7) is 6.56. The van der Waals surface area contributed by atoms with Crippen LogP contribution < -0.4 is 10.6 Å². The number of anilines is 1. The number of amides is 3. The van der Waals surface area contributed by atoms with Gasteiger partial charge < -0.3 is 20.0 Å². The van der Waals surface area contributed by atoms with Gasteiger partial charge in [0, 0.05) is 17.5 Å². The highest BCUT2D eigenvalue weighted by atomic mass is 32.1. The smallest absolute Gasteiger partial charge is 0.254 e. The van der Waals surface area contributed by atoms with Crippen molar-refractivity contribution in [1.29, 1.82) is 0 Å². The quantitative estimate of drug-likeness (QED) is 0.473. The van der Waals surface area contributed by atoms with Gasteiger partial charge in [-0.05, 0) is 36.6 Å². The van der Waals surface area contributed by atoms with Crippen LogP contribution in [-0.2, 0) is 22.6 Å². The SMILES string of the molecule is Cc1ccccc1C(=O)N(CC(=O)Nc1nc(CC(=O)NCc2ccco2)cs1)CC(C)C. The number of carbonyl (C=O) groups excluding carboxylic acids is 3. The zero-order valence-corrected chi connectivity index (χ0v) is 19.8. The van der Waals surface area contributed by atoms with Crippen LogP contribution in [0.25, 0.3) is 0 Å². The fourth-order valence-electron chi connectivity index (χ4n) is 3.25. The summed E-state index contributed by atoms with van der Waals surface area (Å²) in [6, 6.07) is 10.9. The van der Waals surface area contributed by atoms with Crippen LogP contribution >= 0.6 is 11.3 Å². The number of thiazole rings is 1. The Morgan fingerprint density at radius 1 is 1.12 bits per heavy atom. The van der Waals surface area contributed by atoms with Crippen molar-refractivity contribution in [3.63, 3.8) is 0 Å². The van der Waals surface area contributed by atoms with Crippen molar-refractivity contribution in [3.8, 4) is 0 Å². The van der Waals surface area contributed by atoms with E-state index in [4.69, 9.17) is 4.42 Å². The fourth-order valence-corrected chi connectivity index (χ4v) is 3.97. The van der Waals surface area contributed by atoms with Gasteiger partial charge in [0.05, 0.1) is 24.9 Å². The van der Waals surface area contributed by atoms with Crippen molar-refractivity contribution in [1.82, 2.24) is 15.2 Å². The van der Waals surface area contributed by atoms with Gasteiger partial charge in [0.15, 0.2) is 5.13 Å². The van der Waals surface area contributed by atoms with Gasteiger partial charge in [-0.1, -0.05) is 32.0 Å². The number of aryl methyl sites for hydroxylation is 1. The summed E-state index contributed by atoms with van der Waals surface area (Å²) < 4.78 is 5.19. The highest BCUT2D eigenvalue weighted by molar-refractivity contribution is 7.13. The first-order valence-corrected chi connectivity index (χ1v) is 11.6. The van der Waals surface area contributed by atoms with Crippen molar-refractivity contribution >= 4 is 34.2 Å². The Morgan fingerprint density at radius 2 is 1.91 bits per heavy atom. The molecule has 2 heterocycles. The molecule has 9 heteroatoms. The summed E-state index contributed by atoms with van der Waals surface area (Å²) in [5.74, 6) is 0.171. The molecule has 0 saturated carbocycles. The molecule has 1 aromatic carbocycles. The zero-order valence-electron chi connectivity index (χ0n) is 19.0. The number of carbonyl (C=O) groups is 3. The zero-order chi connectivity index (χ0) is 23.8. The van der Waals surface area contributed by atoms with E-state index in [-0.39, 0.29) is 36.6 Å². The summed E-state index contributed by atoms with van der Waals surface area (Å²) in [7, 11) is 0.